The van der Waals surface area contributed by atoms with Gasteiger partial charge < -0.3 is 0 Å². The van der Waals surface area contributed by atoms with Crippen molar-refractivity contribution in [2.75, 3.05) is 0 Å². The SMILES string of the molecule is C1=CCC(c2ccc3c(c2)=C(C2=CC4C=CC=CC4C=C2)C2C=CC(c4ccccc4)=CC2C=3c2ccc(C3=CC=CC4C=CC=CC34)cc2)C=C1. The number of fused-ring (bicyclic) bond motifs is 4. The summed E-state index contributed by atoms with van der Waals surface area (Å²) in [4.78, 5) is 0. The van der Waals surface area contributed by atoms with Gasteiger partial charge in [0.1, 0.15) is 0 Å². The second kappa shape index (κ2) is 13.1. The van der Waals surface area contributed by atoms with E-state index in [4.69, 9.17) is 0 Å². The summed E-state index contributed by atoms with van der Waals surface area (Å²) in [6.45, 7) is 0. The molecule has 7 unspecified atom stereocenters. The van der Waals surface area contributed by atoms with E-state index in [1.165, 1.54) is 60.6 Å². The highest BCUT2D eigenvalue weighted by Gasteiger charge is 2.35. The minimum absolute atomic E-state index is 0.193. The average Bonchev–Trinajstić information content (AvgIpc) is 3.23. The molecule has 0 aliphatic heterocycles. The smallest absolute Gasteiger partial charge is 0.0143 e. The van der Waals surface area contributed by atoms with Crippen LogP contribution in [0.5, 0.6) is 0 Å². The third-order valence-electron chi connectivity index (χ3n) is 12.1. The van der Waals surface area contributed by atoms with E-state index < -0.39 is 0 Å². The molecule has 3 aromatic rings. The maximum absolute atomic E-state index is 2.56. The predicted molar refractivity (Wildman–Crippen MR) is 219 cm³/mol. The number of hydrogen-bond donors (Lipinski definition) is 0. The Bertz CT molecular complexity index is 2440. The van der Waals surface area contributed by atoms with Gasteiger partial charge in [-0.1, -0.05) is 200 Å². The zero-order valence-corrected chi connectivity index (χ0v) is 29.3. The molecule has 0 amide bonds. The van der Waals surface area contributed by atoms with Crippen LogP contribution in [-0.4, -0.2) is 0 Å². The molecule has 7 atom stereocenters. The fourth-order valence-electron chi connectivity index (χ4n) is 9.48. The summed E-state index contributed by atoms with van der Waals surface area (Å²) >= 11 is 0. The van der Waals surface area contributed by atoms with Crippen LogP contribution in [0.4, 0.5) is 0 Å². The molecule has 0 aromatic heterocycles. The Morgan fingerprint density at radius 3 is 2.04 bits per heavy atom. The fourth-order valence-corrected chi connectivity index (χ4v) is 9.48. The van der Waals surface area contributed by atoms with Crippen LogP contribution < -0.4 is 10.4 Å². The zero-order valence-electron chi connectivity index (χ0n) is 29.3. The summed E-state index contributed by atoms with van der Waals surface area (Å²) in [5.74, 6) is 2.42. The summed E-state index contributed by atoms with van der Waals surface area (Å²) in [7, 11) is 0. The van der Waals surface area contributed by atoms with Crippen LogP contribution in [0.1, 0.15) is 34.6 Å². The number of rotatable bonds is 5. The Balaban J connectivity index is 1.19. The quantitative estimate of drug-likeness (QED) is 0.254. The van der Waals surface area contributed by atoms with E-state index >= 15 is 0 Å². The van der Waals surface area contributed by atoms with Crippen molar-refractivity contribution in [1.29, 1.82) is 0 Å². The molecule has 3 aromatic carbocycles. The standard InChI is InChI=1S/C52H42/c1-3-12-35(13-4-1)42-29-31-48-49(33-42)51(40-25-23-39(24-26-40)46-21-11-19-38-17-9-10-20-45(38)46)47-30-28-43(36-14-5-2-6-15-36)34-50(47)52(48)44-27-22-37-16-7-8-18-41(37)32-44/h1-14,16-34,36-38,41,45,48-49H,15H2. The predicted octanol–water partition coefficient (Wildman–Crippen LogP) is 10.7. The molecule has 0 heterocycles. The molecule has 0 fully saturated rings. The minimum atomic E-state index is 0.193. The van der Waals surface area contributed by atoms with Crippen molar-refractivity contribution in [3.05, 3.63) is 239 Å². The highest BCUT2D eigenvalue weighted by molar-refractivity contribution is 5.87. The minimum Gasteiger partial charge on any atom is -0.0836 e. The van der Waals surface area contributed by atoms with Crippen LogP contribution in [0.3, 0.4) is 0 Å². The van der Waals surface area contributed by atoms with Gasteiger partial charge in [0.2, 0.25) is 0 Å². The third kappa shape index (κ3) is 5.46. The summed E-state index contributed by atoms with van der Waals surface area (Å²) in [6, 6.07) is 27.8. The maximum atomic E-state index is 2.56. The summed E-state index contributed by atoms with van der Waals surface area (Å²) in [5.41, 5.74) is 12.2. The number of allylic oxidation sites excluding steroid dienone is 24. The van der Waals surface area contributed by atoms with E-state index in [2.05, 4.69) is 200 Å². The largest absolute Gasteiger partial charge is 0.0836 e. The van der Waals surface area contributed by atoms with Crippen molar-refractivity contribution in [3.63, 3.8) is 0 Å². The summed E-state index contributed by atoms with van der Waals surface area (Å²) in [5, 5.41) is 2.74. The Labute approximate surface area is 307 Å². The van der Waals surface area contributed by atoms with E-state index in [9.17, 15) is 0 Å². The van der Waals surface area contributed by atoms with E-state index in [1.54, 1.807) is 0 Å². The van der Waals surface area contributed by atoms with Crippen LogP contribution >= 0.6 is 0 Å². The molecule has 52 heavy (non-hydrogen) atoms. The first kappa shape index (κ1) is 31.1. The second-order valence-electron chi connectivity index (χ2n) is 15.0. The van der Waals surface area contributed by atoms with Crippen LogP contribution in [0.25, 0.3) is 22.3 Å². The highest BCUT2D eigenvalue weighted by atomic mass is 14.4. The second-order valence-corrected chi connectivity index (χ2v) is 15.0. The Kier molecular flexibility index (Phi) is 7.83. The highest BCUT2D eigenvalue weighted by Crippen LogP contribution is 2.45. The number of benzene rings is 3. The molecule has 0 saturated carbocycles. The Morgan fingerprint density at radius 1 is 0.442 bits per heavy atom. The molecular weight excluding hydrogens is 625 g/mol. The lowest BCUT2D eigenvalue weighted by molar-refractivity contribution is 0.648. The molecule has 0 nitrogen and oxygen atoms in total. The zero-order chi connectivity index (χ0) is 34.4. The molecule has 0 heteroatoms. The average molecular weight is 667 g/mol. The summed E-state index contributed by atoms with van der Waals surface area (Å²) in [6.07, 6.45) is 50.0. The lowest BCUT2D eigenvalue weighted by Crippen LogP contribution is -2.41. The van der Waals surface area contributed by atoms with E-state index in [0.29, 0.717) is 29.6 Å². The van der Waals surface area contributed by atoms with Crippen molar-refractivity contribution in [2.45, 2.75) is 12.3 Å². The van der Waals surface area contributed by atoms with Gasteiger partial charge in [0.05, 0.1) is 0 Å². The molecule has 0 spiro atoms. The van der Waals surface area contributed by atoms with Gasteiger partial charge >= 0.3 is 0 Å². The lowest BCUT2D eigenvalue weighted by atomic mass is 9.67. The van der Waals surface area contributed by atoms with Crippen molar-refractivity contribution < 1.29 is 0 Å². The van der Waals surface area contributed by atoms with Crippen LogP contribution in [0.2, 0.25) is 0 Å². The first-order valence-electron chi connectivity index (χ1n) is 19.1. The van der Waals surface area contributed by atoms with E-state index in [0.717, 1.165) is 6.42 Å². The Morgan fingerprint density at radius 2 is 1.19 bits per heavy atom. The lowest BCUT2D eigenvalue weighted by Gasteiger charge is -2.36. The number of hydrogen-bond acceptors (Lipinski definition) is 0. The van der Waals surface area contributed by atoms with Crippen LogP contribution in [-0.2, 0) is 0 Å². The molecule has 250 valence electrons. The fraction of sp³-hybridized carbons (Fsp3) is 0.154. The molecule has 7 aliphatic rings. The van der Waals surface area contributed by atoms with Gasteiger partial charge in [0.25, 0.3) is 0 Å². The molecule has 0 radical (unpaired) electrons. The normalized spacial score (nSPS) is 28.8. The van der Waals surface area contributed by atoms with Gasteiger partial charge in [0, 0.05) is 41.4 Å². The van der Waals surface area contributed by atoms with Crippen molar-refractivity contribution in [1.82, 2.24) is 0 Å². The van der Waals surface area contributed by atoms with Gasteiger partial charge in [-0.3, -0.25) is 0 Å². The molecule has 0 bridgehead atoms. The Hall–Kier alpha value is -5.72. The first-order valence-corrected chi connectivity index (χ1v) is 19.1. The van der Waals surface area contributed by atoms with E-state index in [1.807, 2.05) is 0 Å². The molecule has 7 aliphatic carbocycles. The summed E-state index contributed by atoms with van der Waals surface area (Å²) < 4.78 is 0. The van der Waals surface area contributed by atoms with Gasteiger partial charge in [-0.25, -0.2) is 0 Å². The van der Waals surface area contributed by atoms with Crippen molar-refractivity contribution in [3.8, 4) is 0 Å². The van der Waals surface area contributed by atoms with Crippen molar-refractivity contribution >= 4 is 22.3 Å². The molecule has 0 N–H and O–H groups in total. The maximum Gasteiger partial charge on any atom is 0.0143 e. The van der Waals surface area contributed by atoms with Crippen molar-refractivity contribution in [2.24, 2.45) is 35.5 Å². The van der Waals surface area contributed by atoms with Crippen LogP contribution in [0, 0.1) is 35.5 Å². The topological polar surface area (TPSA) is 0 Å². The third-order valence-corrected chi connectivity index (χ3v) is 12.1. The van der Waals surface area contributed by atoms with Gasteiger partial charge in [-0.05, 0) is 67.0 Å². The van der Waals surface area contributed by atoms with Gasteiger partial charge in [-0.15, -0.1) is 0 Å². The molecule has 0 saturated heterocycles. The van der Waals surface area contributed by atoms with Gasteiger partial charge in [-0.2, -0.15) is 0 Å². The molecular formula is C52H42. The van der Waals surface area contributed by atoms with Gasteiger partial charge in [0.15, 0.2) is 0 Å². The monoisotopic (exact) mass is 666 g/mol. The molecule has 10 rings (SSSR count). The van der Waals surface area contributed by atoms with E-state index in [-0.39, 0.29) is 11.8 Å². The first-order chi connectivity index (χ1) is 25.8. The van der Waals surface area contributed by atoms with Crippen LogP contribution in [0.15, 0.2) is 206 Å².